The van der Waals surface area contributed by atoms with Gasteiger partial charge < -0.3 is 15.4 Å². The molecule has 2 amide bonds. The van der Waals surface area contributed by atoms with E-state index in [0.29, 0.717) is 19.8 Å². The van der Waals surface area contributed by atoms with Crippen molar-refractivity contribution < 1.29 is 9.53 Å². The summed E-state index contributed by atoms with van der Waals surface area (Å²) in [5.74, 6) is 0. The van der Waals surface area contributed by atoms with E-state index >= 15 is 0 Å². The largest absolute Gasteiger partial charge is 0.381 e. The zero-order valence-electron chi connectivity index (χ0n) is 12.9. The summed E-state index contributed by atoms with van der Waals surface area (Å²) in [7, 11) is 0. The maximum Gasteiger partial charge on any atom is 0.315 e. The Bertz CT molecular complexity index is 642. The van der Waals surface area contributed by atoms with E-state index in [2.05, 4.69) is 20.6 Å². The van der Waals surface area contributed by atoms with Crippen LogP contribution < -0.4 is 10.6 Å². The lowest BCUT2D eigenvalue weighted by Crippen LogP contribution is -2.44. The van der Waals surface area contributed by atoms with E-state index in [1.165, 1.54) is 0 Å². The third-order valence-corrected chi connectivity index (χ3v) is 3.84. The van der Waals surface area contributed by atoms with Crippen LogP contribution in [0.3, 0.4) is 0 Å². The van der Waals surface area contributed by atoms with E-state index in [9.17, 15) is 4.79 Å². The zero-order chi connectivity index (χ0) is 15.9. The molecule has 0 aliphatic carbocycles. The first-order valence-corrected chi connectivity index (χ1v) is 7.79. The van der Waals surface area contributed by atoms with E-state index in [0.717, 1.165) is 29.7 Å². The first kappa shape index (κ1) is 15.4. The molecule has 0 spiro atoms. The van der Waals surface area contributed by atoms with E-state index in [1.807, 2.05) is 24.3 Å². The normalized spacial score (nSPS) is 15.1. The lowest BCUT2D eigenvalue weighted by molar-refractivity contribution is 0.0801. The molecule has 2 aromatic heterocycles. The second-order valence-corrected chi connectivity index (χ2v) is 5.46. The molecule has 2 aromatic rings. The molecule has 1 fully saturated rings. The predicted octanol–water partition coefficient (Wildman–Crippen LogP) is 2.12. The van der Waals surface area contributed by atoms with Gasteiger partial charge in [0.2, 0.25) is 0 Å². The molecule has 1 aliphatic heterocycles. The van der Waals surface area contributed by atoms with Crippen LogP contribution in [-0.2, 0) is 11.3 Å². The summed E-state index contributed by atoms with van der Waals surface area (Å²) in [5, 5.41) is 5.90. The summed E-state index contributed by atoms with van der Waals surface area (Å²) in [4.78, 5) is 20.5. The number of urea groups is 1. The Labute approximate surface area is 135 Å². The Morgan fingerprint density at radius 1 is 1.17 bits per heavy atom. The van der Waals surface area contributed by atoms with Gasteiger partial charge in [0.15, 0.2) is 0 Å². The second-order valence-electron chi connectivity index (χ2n) is 5.46. The summed E-state index contributed by atoms with van der Waals surface area (Å²) in [6, 6.07) is 7.70. The van der Waals surface area contributed by atoms with Gasteiger partial charge in [0.25, 0.3) is 0 Å². The van der Waals surface area contributed by atoms with Crippen LogP contribution in [0.5, 0.6) is 0 Å². The predicted molar refractivity (Wildman–Crippen MR) is 86.7 cm³/mol. The topological polar surface area (TPSA) is 76.1 Å². The molecule has 23 heavy (non-hydrogen) atoms. The molecule has 1 saturated heterocycles. The van der Waals surface area contributed by atoms with Gasteiger partial charge in [-0.1, -0.05) is 6.07 Å². The number of nitrogens with zero attached hydrogens (tertiary/aromatic N) is 2. The molecule has 3 heterocycles. The number of pyridine rings is 2. The number of nitrogens with one attached hydrogen (secondary N) is 2. The zero-order valence-corrected chi connectivity index (χ0v) is 12.9. The number of hydrogen-bond donors (Lipinski definition) is 2. The Kier molecular flexibility index (Phi) is 5.16. The molecule has 6 heteroatoms. The van der Waals surface area contributed by atoms with Crippen molar-refractivity contribution in [1.82, 2.24) is 20.6 Å². The molecule has 0 unspecified atom stereocenters. The van der Waals surface area contributed by atoms with Crippen molar-refractivity contribution in [1.29, 1.82) is 0 Å². The molecule has 6 nitrogen and oxygen atoms in total. The quantitative estimate of drug-likeness (QED) is 0.906. The fourth-order valence-electron chi connectivity index (χ4n) is 2.60. The highest BCUT2D eigenvalue weighted by atomic mass is 16.5. The van der Waals surface area contributed by atoms with E-state index in [4.69, 9.17) is 4.74 Å². The molecule has 0 radical (unpaired) electrons. The van der Waals surface area contributed by atoms with Crippen molar-refractivity contribution in [2.75, 3.05) is 13.2 Å². The SMILES string of the molecule is O=C(NCc1cccnc1-c1ccncc1)NC1CCOCC1. The average Bonchev–Trinajstić information content (AvgIpc) is 2.62. The molecule has 120 valence electrons. The Balaban J connectivity index is 1.61. The molecule has 0 atom stereocenters. The van der Waals surface area contributed by atoms with Crippen LogP contribution in [0.25, 0.3) is 11.3 Å². The Morgan fingerprint density at radius 3 is 2.74 bits per heavy atom. The monoisotopic (exact) mass is 312 g/mol. The summed E-state index contributed by atoms with van der Waals surface area (Å²) >= 11 is 0. The highest BCUT2D eigenvalue weighted by molar-refractivity contribution is 5.74. The number of carbonyl (C=O) groups excluding carboxylic acids is 1. The first-order chi connectivity index (χ1) is 11.3. The van der Waals surface area contributed by atoms with Gasteiger partial charge in [0.05, 0.1) is 5.69 Å². The Hall–Kier alpha value is -2.47. The highest BCUT2D eigenvalue weighted by Gasteiger charge is 2.16. The maximum absolute atomic E-state index is 12.0. The number of ether oxygens (including phenoxy) is 1. The van der Waals surface area contributed by atoms with Crippen molar-refractivity contribution in [2.24, 2.45) is 0 Å². The lowest BCUT2D eigenvalue weighted by Gasteiger charge is -2.23. The van der Waals surface area contributed by atoms with Gasteiger partial charge >= 0.3 is 6.03 Å². The Morgan fingerprint density at radius 2 is 1.96 bits per heavy atom. The molecule has 1 aliphatic rings. The minimum atomic E-state index is -0.151. The standard InChI is InChI=1S/C17H20N4O2/c22-17(21-15-5-10-23-11-6-15)20-12-14-2-1-7-19-16(14)13-3-8-18-9-4-13/h1-4,7-9,15H,5-6,10-12H2,(H2,20,21,22). The van der Waals surface area contributed by atoms with Crippen molar-refractivity contribution in [2.45, 2.75) is 25.4 Å². The minimum Gasteiger partial charge on any atom is -0.381 e. The minimum absolute atomic E-state index is 0.151. The number of amides is 2. The number of carbonyl (C=O) groups is 1. The van der Waals surface area contributed by atoms with Gasteiger partial charge in [-0.15, -0.1) is 0 Å². The van der Waals surface area contributed by atoms with Crippen molar-refractivity contribution in [3.05, 3.63) is 48.4 Å². The van der Waals surface area contributed by atoms with Crippen LogP contribution in [0.2, 0.25) is 0 Å². The first-order valence-electron chi connectivity index (χ1n) is 7.79. The summed E-state index contributed by atoms with van der Waals surface area (Å²) in [6.07, 6.45) is 6.95. The fraction of sp³-hybridized carbons (Fsp3) is 0.353. The average molecular weight is 312 g/mol. The van der Waals surface area contributed by atoms with Crippen LogP contribution in [0.15, 0.2) is 42.9 Å². The summed E-state index contributed by atoms with van der Waals surface area (Å²) < 4.78 is 5.29. The molecule has 0 aromatic carbocycles. The fourth-order valence-corrected chi connectivity index (χ4v) is 2.60. The third kappa shape index (κ3) is 4.26. The van der Waals surface area contributed by atoms with Gasteiger partial charge in [0.1, 0.15) is 0 Å². The van der Waals surface area contributed by atoms with Gasteiger partial charge in [-0.2, -0.15) is 0 Å². The van der Waals surface area contributed by atoms with E-state index < -0.39 is 0 Å². The van der Waals surface area contributed by atoms with Gasteiger partial charge in [-0.05, 0) is 36.6 Å². The number of rotatable bonds is 4. The molecule has 0 saturated carbocycles. The van der Waals surface area contributed by atoms with Crippen LogP contribution in [0.1, 0.15) is 18.4 Å². The molecule has 2 N–H and O–H groups in total. The smallest absolute Gasteiger partial charge is 0.315 e. The van der Waals surface area contributed by atoms with Crippen molar-refractivity contribution in [3.8, 4) is 11.3 Å². The third-order valence-electron chi connectivity index (χ3n) is 3.84. The number of hydrogen-bond acceptors (Lipinski definition) is 4. The highest BCUT2D eigenvalue weighted by Crippen LogP contribution is 2.19. The second kappa shape index (κ2) is 7.69. The molecular weight excluding hydrogens is 292 g/mol. The van der Waals surface area contributed by atoms with Crippen molar-refractivity contribution >= 4 is 6.03 Å². The number of aromatic nitrogens is 2. The van der Waals surface area contributed by atoms with Crippen LogP contribution >= 0.6 is 0 Å². The van der Waals surface area contributed by atoms with E-state index in [-0.39, 0.29) is 12.1 Å². The summed E-state index contributed by atoms with van der Waals surface area (Å²) in [6.45, 7) is 1.85. The summed E-state index contributed by atoms with van der Waals surface area (Å²) in [5.41, 5.74) is 2.82. The van der Waals surface area contributed by atoms with E-state index in [1.54, 1.807) is 18.6 Å². The van der Waals surface area contributed by atoms with Crippen LogP contribution in [0, 0.1) is 0 Å². The van der Waals surface area contributed by atoms with Crippen LogP contribution in [0.4, 0.5) is 4.79 Å². The van der Waals surface area contributed by atoms with Gasteiger partial charge in [0, 0.05) is 50.0 Å². The maximum atomic E-state index is 12.0. The van der Waals surface area contributed by atoms with Crippen molar-refractivity contribution in [3.63, 3.8) is 0 Å². The molecule has 3 rings (SSSR count). The van der Waals surface area contributed by atoms with Gasteiger partial charge in [-0.3, -0.25) is 9.97 Å². The van der Waals surface area contributed by atoms with Crippen LogP contribution in [-0.4, -0.2) is 35.3 Å². The van der Waals surface area contributed by atoms with Gasteiger partial charge in [-0.25, -0.2) is 4.79 Å². The lowest BCUT2D eigenvalue weighted by atomic mass is 10.1. The molecular formula is C17H20N4O2. The molecule has 0 bridgehead atoms.